The molecule has 176 valence electrons. The van der Waals surface area contributed by atoms with Gasteiger partial charge in [0.05, 0.1) is 18.5 Å². The zero-order valence-electron chi connectivity index (χ0n) is 19.9. The summed E-state index contributed by atoms with van der Waals surface area (Å²) in [6, 6.07) is 17.1. The third-order valence-electron chi connectivity index (χ3n) is 6.29. The Kier molecular flexibility index (Phi) is 6.84. The minimum atomic E-state index is -0.564. The van der Waals surface area contributed by atoms with E-state index in [0.29, 0.717) is 0 Å². The molecule has 1 aliphatic rings. The SMILES string of the molecule is Cc1ccc(N2C(=O)CC(C(=O)N(C)CC(=O)Nc3c(C)cccc3C)C2c2cccs2)cc1. The molecule has 6 nitrogen and oxygen atoms in total. The van der Waals surface area contributed by atoms with E-state index in [1.54, 1.807) is 11.9 Å². The number of aryl methyl sites for hydroxylation is 3. The lowest BCUT2D eigenvalue weighted by Crippen LogP contribution is -2.40. The first-order valence-electron chi connectivity index (χ1n) is 11.3. The van der Waals surface area contributed by atoms with Crippen molar-refractivity contribution in [1.82, 2.24) is 4.90 Å². The summed E-state index contributed by atoms with van der Waals surface area (Å²) < 4.78 is 0. The van der Waals surface area contributed by atoms with Crippen molar-refractivity contribution in [2.24, 2.45) is 5.92 Å². The van der Waals surface area contributed by atoms with Crippen LogP contribution in [0.5, 0.6) is 0 Å². The number of hydrogen-bond acceptors (Lipinski definition) is 4. The summed E-state index contributed by atoms with van der Waals surface area (Å²) in [4.78, 5) is 43.5. The van der Waals surface area contributed by atoms with Crippen molar-refractivity contribution in [3.8, 4) is 0 Å². The minimum absolute atomic E-state index is 0.0843. The minimum Gasteiger partial charge on any atom is -0.336 e. The first-order valence-corrected chi connectivity index (χ1v) is 12.2. The summed E-state index contributed by atoms with van der Waals surface area (Å²) in [5, 5.41) is 4.89. The van der Waals surface area contributed by atoms with Crippen LogP contribution in [0.3, 0.4) is 0 Å². The van der Waals surface area contributed by atoms with Crippen molar-refractivity contribution < 1.29 is 14.4 Å². The normalized spacial score (nSPS) is 17.6. The Labute approximate surface area is 204 Å². The molecule has 0 radical (unpaired) electrons. The van der Waals surface area contributed by atoms with Gasteiger partial charge in [0.2, 0.25) is 17.7 Å². The van der Waals surface area contributed by atoms with Gasteiger partial charge in [-0.1, -0.05) is 42.0 Å². The molecule has 7 heteroatoms. The molecule has 2 atom stereocenters. The van der Waals surface area contributed by atoms with Gasteiger partial charge in [-0.25, -0.2) is 0 Å². The van der Waals surface area contributed by atoms with E-state index in [1.165, 1.54) is 16.2 Å². The third-order valence-corrected chi connectivity index (χ3v) is 7.23. The zero-order valence-corrected chi connectivity index (χ0v) is 20.7. The highest BCUT2D eigenvalue weighted by Crippen LogP contribution is 2.43. The molecule has 0 spiro atoms. The highest BCUT2D eigenvalue weighted by molar-refractivity contribution is 7.10. The Bertz CT molecular complexity index is 1180. The van der Waals surface area contributed by atoms with Gasteiger partial charge in [0, 0.05) is 29.7 Å². The van der Waals surface area contributed by atoms with Crippen LogP contribution < -0.4 is 10.2 Å². The monoisotopic (exact) mass is 475 g/mol. The predicted octanol–water partition coefficient (Wildman–Crippen LogP) is 4.86. The number of amides is 3. The molecular weight excluding hydrogens is 446 g/mol. The molecule has 1 aliphatic heterocycles. The molecule has 0 aliphatic carbocycles. The molecule has 0 bridgehead atoms. The van der Waals surface area contributed by atoms with Gasteiger partial charge >= 0.3 is 0 Å². The average Bonchev–Trinajstić information content (AvgIpc) is 3.44. The van der Waals surface area contributed by atoms with Gasteiger partial charge in [-0.05, 0) is 55.5 Å². The van der Waals surface area contributed by atoms with E-state index in [1.807, 2.05) is 80.7 Å². The lowest BCUT2D eigenvalue weighted by Gasteiger charge is -2.29. The summed E-state index contributed by atoms with van der Waals surface area (Å²) in [6.07, 6.45) is 0.109. The van der Waals surface area contributed by atoms with Gasteiger partial charge < -0.3 is 15.1 Å². The van der Waals surface area contributed by atoms with E-state index in [4.69, 9.17) is 0 Å². The summed E-state index contributed by atoms with van der Waals surface area (Å²) in [5.74, 6) is -1.13. The van der Waals surface area contributed by atoms with E-state index >= 15 is 0 Å². The Hall–Kier alpha value is -3.45. The van der Waals surface area contributed by atoms with Crippen molar-refractivity contribution in [2.45, 2.75) is 33.2 Å². The highest BCUT2D eigenvalue weighted by Gasteiger charge is 2.46. The van der Waals surface area contributed by atoms with E-state index in [9.17, 15) is 14.4 Å². The van der Waals surface area contributed by atoms with Gasteiger partial charge in [-0.2, -0.15) is 0 Å². The fourth-order valence-electron chi connectivity index (χ4n) is 4.52. The maximum absolute atomic E-state index is 13.5. The second kappa shape index (κ2) is 9.81. The number of carbonyl (C=O) groups excluding carboxylic acids is 3. The second-order valence-electron chi connectivity index (χ2n) is 8.88. The molecular formula is C27H29N3O3S. The van der Waals surface area contributed by atoms with Crippen LogP contribution in [0.4, 0.5) is 11.4 Å². The quantitative estimate of drug-likeness (QED) is 0.553. The molecule has 1 saturated heterocycles. The van der Waals surface area contributed by atoms with Crippen molar-refractivity contribution in [3.63, 3.8) is 0 Å². The summed E-state index contributed by atoms with van der Waals surface area (Å²) in [5.41, 5.74) is 4.59. The first kappa shape index (κ1) is 23.7. The summed E-state index contributed by atoms with van der Waals surface area (Å²) in [6.45, 7) is 5.79. The number of carbonyl (C=O) groups is 3. The van der Waals surface area contributed by atoms with Gasteiger partial charge in [0.15, 0.2) is 0 Å². The fourth-order valence-corrected chi connectivity index (χ4v) is 5.40. The van der Waals surface area contributed by atoms with E-state index in [0.717, 1.165) is 32.9 Å². The number of anilines is 2. The topological polar surface area (TPSA) is 69.7 Å². The first-order chi connectivity index (χ1) is 16.3. The van der Waals surface area contributed by atoms with Crippen LogP contribution in [0.15, 0.2) is 60.0 Å². The second-order valence-corrected chi connectivity index (χ2v) is 9.86. The van der Waals surface area contributed by atoms with Crippen LogP contribution >= 0.6 is 11.3 Å². The van der Waals surface area contributed by atoms with Crippen LogP contribution in [0.25, 0.3) is 0 Å². The Morgan fingerprint density at radius 1 is 1.03 bits per heavy atom. The Balaban J connectivity index is 1.54. The standard InChI is InChI=1S/C27H29N3O3S/c1-17-10-12-20(13-11-17)30-24(32)15-21(26(30)22-9-6-14-34-22)27(33)29(4)16-23(31)28-25-18(2)7-5-8-19(25)3/h5-14,21,26H,15-16H2,1-4H3,(H,28,31). The number of nitrogens with one attached hydrogen (secondary N) is 1. The lowest BCUT2D eigenvalue weighted by molar-refractivity contribution is -0.137. The number of nitrogens with zero attached hydrogens (tertiary/aromatic N) is 2. The highest BCUT2D eigenvalue weighted by atomic mass is 32.1. The largest absolute Gasteiger partial charge is 0.336 e. The van der Waals surface area contributed by atoms with E-state index in [-0.39, 0.29) is 30.7 Å². The van der Waals surface area contributed by atoms with Crippen molar-refractivity contribution in [3.05, 3.63) is 81.5 Å². The van der Waals surface area contributed by atoms with Crippen LogP contribution in [0.1, 0.15) is 34.0 Å². The molecule has 0 saturated carbocycles. The van der Waals surface area contributed by atoms with Crippen LogP contribution in [0.2, 0.25) is 0 Å². The van der Waals surface area contributed by atoms with E-state index < -0.39 is 12.0 Å². The zero-order chi connectivity index (χ0) is 24.4. The molecule has 2 aromatic carbocycles. The molecule has 1 aromatic heterocycles. The molecule has 34 heavy (non-hydrogen) atoms. The van der Waals surface area contributed by atoms with Gasteiger partial charge in [0.1, 0.15) is 0 Å². The van der Waals surface area contributed by atoms with Gasteiger partial charge in [0.25, 0.3) is 0 Å². The van der Waals surface area contributed by atoms with Gasteiger partial charge in [-0.3, -0.25) is 14.4 Å². The number of hydrogen-bond donors (Lipinski definition) is 1. The number of benzene rings is 2. The number of likely N-dealkylation sites (N-methyl/N-ethyl adjacent to an activating group) is 1. The summed E-state index contributed by atoms with van der Waals surface area (Å²) in [7, 11) is 1.62. The van der Waals surface area contributed by atoms with Gasteiger partial charge in [-0.15, -0.1) is 11.3 Å². The Morgan fingerprint density at radius 2 is 1.71 bits per heavy atom. The van der Waals surface area contributed by atoms with Crippen molar-refractivity contribution >= 4 is 40.4 Å². The molecule has 1 fully saturated rings. The number of thiophene rings is 1. The van der Waals surface area contributed by atoms with Crippen molar-refractivity contribution in [1.29, 1.82) is 0 Å². The van der Waals surface area contributed by atoms with Crippen LogP contribution in [-0.2, 0) is 14.4 Å². The van der Waals surface area contributed by atoms with Crippen LogP contribution in [0, 0.1) is 26.7 Å². The maximum Gasteiger partial charge on any atom is 0.243 e. The molecule has 3 amide bonds. The lowest BCUT2D eigenvalue weighted by atomic mass is 9.97. The molecule has 4 rings (SSSR count). The number of rotatable bonds is 6. The maximum atomic E-state index is 13.5. The Morgan fingerprint density at radius 3 is 2.32 bits per heavy atom. The van der Waals surface area contributed by atoms with E-state index in [2.05, 4.69) is 5.32 Å². The molecule has 2 unspecified atom stereocenters. The molecule has 3 aromatic rings. The molecule has 1 N–H and O–H groups in total. The fraction of sp³-hybridized carbons (Fsp3) is 0.296. The average molecular weight is 476 g/mol. The summed E-state index contributed by atoms with van der Waals surface area (Å²) >= 11 is 1.53. The third kappa shape index (κ3) is 4.75. The van der Waals surface area contributed by atoms with Crippen molar-refractivity contribution in [2.75, 3.05) is 23.8 Å². The van der Waals surface area contributed by atoms with Crippen LogP contribution in [-0.4, -0.2) is 36.2 Å². The number of para-hydroxylation sites is 1. The smallest absolute Gasteiger partial charge is 0.243 e. The molecule has 2 heterocycles. The predicted molar refractivity (Wildman–Crippen MR) is 136 cm³/mol.